The topological polar surface area (TPSA) is 87.0 Å². The van der Waals surface area contributed by atoms with E-state index in [9.17, 15) is 12.6 Å². The molecule has 1 aliphatic heterocycles. The van der Waals surface area contributed by atoms with Gasteiger partial charge >= 0.3 is 0 Å². The number of nitriles is 1. The van der Waals surface area contributed by atoms with Crippen LogP contribution in [0, 0.1) is 18.3 Å². The number of nitrogens with zero attached hydrogens (tertiary/aromatic N) is 1. The van der Waals surface area contributed by atoms with Crippen molar-refractivity contribution >= 4 is 20.8 Å². The Hall–Kier alpha value is -1.23. The molecule has 1 fully saturated rings. The summed E-state index contributed by atoms with van der Waals surface area (Å²) in [5, 5.41) is 8.87. The summed E-state index contributed by atoms with van der Waals surface area (Å²) < 4.78 is 38.7. The fourth-order valence-electron chi connectivity index (χ4n) is 2.15. The molecule has 0 spiro atoms. The SMILES string of the molecule is Cc1ccc(C#N)cc1S(=O)(=O)NC1CCS(=O)CC1. The Morgan fingerprint density at radius 2 is 2.00 bits per heavy atom. The van der Waals surface area contributed by atoms with Crippen LogP contribution in [0.2, 0.25) is 0 Å². The van der Waals surface area contributed by atoms with Crippen LogP contribution in [0.15, 0.2) is 23.1 Å². The first kappa shape index (κ1) is 15.2. The average Bonchev–Trinajstić information content (AvgIpc) is 2.41. The molecule has 7 heteroatoms. The maximum atomic E-state index is 12.4. The summed E-state index contributed by atoms with van der Waals surface area (Å²) in [4.78, 5) is 0.142. The lowest BCUT2D eigenvalue weighted by molar-refractivity contribution is 0.521. The van der Waals surface area contributed by atoms with Crippen LogP contribution in [0.4, 0.5) is 0 Å². The van der Waals surface area contributed by atoms with Gasteiger partial charge < -0.3 is 0 Å². The first-order valence-corrected chi connectivity index (χ1v) is 9.27. The van der Waals surface area contributed by atoms with Crippen LogP contribution in [0.25, 0.3) is 0 Å². The molecule has 0 bridgehead atoms. The molecular weight excluding hydrogens is 296 g/mol. The molecular formula is C13H16N2O3S2. The Morgan fingerprint density at radius 1 is 1.35 bits per heavy atom. The predicted octanol–water partition coefficient (Wildman–Crippen LogP) is 1.06. The van der Waals surface area contributed by atoms with Gasteiger partial charge in [-0.05, 0) is 37.5 Å². The van der Waals surface area contributed by atoms with E-state index >= 15 is 0 Å². The van der Waals surface area contributed by atoms with Crippen molar-refractivity contribution in [1.29, 1.82) is 5.26 Å². The molecule has 1 saturated heterocycles. The second kappa shape index (κ2) is 6.04. The molecule has 1 N–H and O–H groups in total. The third-order valence-corrected chi connectivity index (χ3v) is 6.36. The second-order valence-electron chi connectivity index (χ2n) is 4.84. The van der Waals surface area contributed by atoms with Gasteiger partial charge in [-0.25, -0.2) is 13.1 Å². The maximum absolute atomic E-state index is 12.4. The van der Waals surface area contributed by atoms with E-state index in [1.54, 1.807) is 19.1 Å². The van der Waals surface area contributed by atoms with E-state index in [0.717, 1.165) is 0 Å². The minimum Gasteiger partial charge on any atom is -0.260 e. The zero-order valence-electron chi connectivity index (χ0n) is 11.1. The molecule has 20 heavy (non-hydrogen) atoms. The van der Waals surface area contributed by atoms with E-state index in [2.05, 4.69) is 4.72 Å². The summed E-state index contributed by atoms with van der Waals surface area (Å²) in [6.07, 6.45) is 1.17. The van der Waals surface area contributed by atoms with Crippen LogP contribution >= 0.6 is 0 Å². The summed E-state index contributed by atoms with van der Waals surface area (Å²) in [6, 6.07) is 6.38. The van der Waals surface area contributed by atoms with E-state index < -0.39 is 20.8 Å². The van der Waals surface area contributed by atoms with Gasteiger partial charge in [-0.3, -0.25) is 4.21 Å². The highest BCUT2D eigenvalue weighted by molar-refractivity contribution is 7.89. The molecule has 0 aromatic heterocycles. The largest absolute Gasteiger partial charge is 0.260 e. The van der Waals surface area contributed by atoms with Gasteiger partial charge in [-0.1, -0.05) is 6.07 Å². The molecule has 5 nitrogen and oxygen atoms in total. The van der Waals surface area contributed by atoms with Gasteiger partial charge in [0, 0.05) is 28.3 Å². The van der Waals surface area contributed by atoms with Gasteiger partial charge in [0.25, 0.3) is 0 Å². The maximum Gasteiger partial charge on any atom is 0.241 e. The van der Waals surface area contributed by atoms with Crippen LogP contribution in [0.3, 0.4) is 0 Å². The second-order valence-corrected chi connectivity index (χ2v) is 8.21. The van der Waals surface area contributed by atoms with Crippen LogP contribution in [0.1, 0.15) is 24.0 Å². The zero-order valence-corrected chi connectivity index (χ0v) is 12.8. The third kappa shape index (κ3) is 3.45. The van der Waals surface area contributed by atoms with Crippen molar-refractivity contribution in [1.82, 2.24) is 4.72 Å². The van der Waals surface area contributed by atoms with E-state index in [4.69, 9.17) is 5.26 Å². The van der Waals surface area contributed by atoms with Gasteiger partial charge in [0.05, 0.1) is 16.5 Å². The molecule has 0 unspecified atom stereocenters. The van der Waals surface area contributed by atoms with Crippen molar-refractivity contribution in [3.63, 3.8) is 0 Å². The van der Waals surface area contributed by atoms with Crippen molar-refractivity contribution in [2.24, 2.45) is 0 Å². The van der Waals surface area contributed by atoms with Crippen LogP contribution in [0.5, 0.6) is 0 Å². The van der Waals surface area contributed by atoms with Gasteiger partial charge in [-0.2, -0.15) is 5.26 Å². The molecule has 0 radical (unpaired) electrons. The number of aryl methyl sites for hydroxylation is 1. The van der Waals surface area contributed by atoms with Crippen LogP contribution in [-0.2, 0) is 20.8 Å². The van der Waals surface area contributed by atoms with Gasteiger partial charge in [0.1, 0.15) is 0 Å². The van der Waals surface area contributed by atoms with E-state index in [-0.39, 0.29) is 10.9 Å². The first-order valence-electron chi connectivity index (χ1n) is 6.30. The minimum absolute atomic E-state index is 0.142. The zero-order chi connectivity index (χ0) is 14.8. The average molecular weight is 312 g/mol. The molecule has 1 heterocycles. The summed E-state index contributed by atoms with van der Waals surface area (Å²) in [7, 11) is -4.46. The summed E-state index contributed by atoms with van der Waals surface area (Å²) in [5.74, 6) is 1.06. The van der Waals surface area contributed by atoms with E-state index in [0.29, 0.717) is 35.5 Å². The summed E-state index contributed by atoms with van der Waals surface area (Å²) in [6.45, 7) is 1.70. The predicted molar refractivity (Wildman–Crippen MR) is 77.1 cm³/mol. The highest BCUT2D eigenvalue weighted by Gasteiger charge is 2.25. The Morgan fingerprint density at radius 3 is 2.60 bits per heavy atom. The molecule has 0 amide bonds. The quantitative estimate of drug-likeness (QED) is 0.904. The number of sulfonamides is 1. The number of benzene rings is 1. The number of rotatable bonds is 3. The van der Waals surface area contributed by atoms with E-state index in [1.165, 1.54) is 6.07 Å². The number of nitrogens with one attached hydrogen (secondary N) is 1. The van der Waals surface area contributed by atoms with Crippen molar-refractivity contribution in [3.8, 4) is 6.07 Å². The highest BCUT2D eigenvalue weighted by atomic mass is 32.2. The molecule has 0 saturated carbocycles. The number of hydrogen-bond donors (Lipinski definition) is 1. The van der Waals surface area contributed by atoms with Gasteiger partial charge in [0.2, 0.25) is 10.0 Å². The Balaban J connectivity index is 2.22. The first-order chi connectivity index (χ1) is 9.42. The normalized spacial score (nSPS) is 23.2. The third-order valence-electron chi connectivity index (χ3n) is 3.32. The lowest BCUT2D eigenvalue weighted by atomic mass is 10.2. The molecule has 108 valence electrons. The molecule has 0 aliphatic carbocycles. The van der Waals surface area contributed by atoms with Crippen molar-refractivity contribution < 1.29 is 12.6 Å². The minimum atomic E-state index is -3.64. The molecule has 1 aromatic rings. The Labute approximate surface area is 121 Å². The van der Waals surface area contributed by atoms with Crippen molar-refractivity contribution in [2.45, 2.75) is 30.7 Å². The lowest BCUT2D eigenvalue weighted by Gasteiger charge is -2.22. The molecule has 0 atom stereocenters. The summed E-state index contributed by atoms with van der Waals surface area (Å²) in [5.41, 5.74) is 0.927. The van der Waals surface area contributed by atoms with E-state index in [1.807, 2.05) is 6.07 Å². The smallest absolute Gasteiger partial charge is 0.241 e. The van der Waals surface area contributed by atoms with Crippen LogP contribution < -0.4 is 4.72 Å². The highest BCUT2D eigenvalue weighted by Crippen LogP contribution is 2.19. The van der Waals surface area contributed by atoms with Crippen molar-refractivity contribution in [3.05, 3.63) is 29.3 Å². The van der Waals surface area contributed by atoms with Gasteiger partial charge in [0.15, 0.2) is 0 Å². The van der Waals surface area contributed by atoms with Gasteiger partial charge in [-0.15, -0.1) is 0 Å². The fourth-order valence-corrected chi connectivity index (χ4v) is 5.03. The monoisotopic (exact) mass is 312 g/mol. The lowest BCUT2D eigenvalue weighted by Crippen LogP contribution is -2.39. The Kier molecular flexibility index (Phi) is 4.58. The Bertz CT molecular complexity index is 667. The number of hydrogen-bond acceptors (Lipinski definition) is 4. The molecule has 1 aliphatic rings. The van der Waals surface area contributed by atoms with Crippen molar-refractivity contribution in [2.75, 3.05) is 11.5 Å². The fraction of sp³-hybridized carbons (Fsp3) is 0.462. The van der Waals surface area contributed by atoms with Crippen LogP contribution in [-0.4, -0.2) is 30.2 Å². The molecule has 2 rings (SSSR count). The molecule has 1 aromatic carbocycles. The summed E-state index contributed by atoms with van der Waals surface area (Å²) >= 11 is 0. The standard InChI is InChI=1S/C13H16N2O3S2/c1-10-2-3-11(9-14)8-13(10)20(17,18)15-12-4-6-19(16)7-5-12/h2-3,8,12,15H,4-7H2,1H3.